The normalized spacial score (nSPS) is 10.5. The Hall–Kier alpha value is -1.52. The van der Waals surface area contributed by atoms with Gasteiger partial charge in [-0.3, -0.25) is 9.48 Å². The topological polar surface area (TPSA) is 46.9 Å². The number of nitrogens with zero attached hydrogens (tertiary/aromatic N) is 2. The molecule has 1 aromatic heterocycles. The van der Waals surface area contributed by atoms with Crippen molar-refractivity contribution in [2.75, 3.05) is 5.32 Å². The lowest BCUT2D eigenvalue weighted by Gasteiger charge is -2.05. The number of benzene rings is 1. The minimum atomic E-state index is -0.226. The summed E-state index contributed by atoms with van der Waals surface area (Å²) in [5.74, 6) is -0.226. The zero-order valence-corrected chi connectivity index (χ0v) is 12.1. The summed E-state index contributed by atoms with van der Waals surface area (Å²) in [6.45, 7) is 4.48. The average Bonchev–Trinajstić information content (AvgIpc) is 2.69. The van der Waals surface area contributed by atoms with Crippen LogP contribution in [0.2, 0.25) is 10.0 Å². The number of carbonyl (C=O) groups excluding carboxylic acids is 1. The second-order valence-electron chi connectivity index (χ2n) is 4.10. The zero-order valence-electron chi connectivity index (χ0n) is 10.6. The lowest BCUT2D eigenvalue weighted by Crippen LogP contribution is -2.12. The Labute approximate surface area is 121 Å². The van der Waals surface area contributed by atoms with E-state index in [2.05, 4.69) is 10.4 Å². The second-order valence-corrected chi connectivity index (χ2v) is 4.97. The maximum atomic E-state index is 12.1. The molecular weight excluding hydrogens is 285 g/mol. The number of carbonyl (C=O) groups is 1. The average molecular weight is 298 g/mol. The summed E-state index contributed by atoms with van der Waals surface area (Å²) in [4.78, 5) is 12.1. The second kappa shape index (κ2) is 5.63. The van der Waals surface area contributed by atoms with Gasteiger partial charge in [-0.15, -0.1) is 0 Å². The molecule has 0 atom stereocenters. The van der Waals surface area contributed by atoms with Gasteiger partial charge in [0.25, 0.3) is 5.91 Å². The summed E-state index contributed by atoms with van der Waals surface area (Å²) in [5, 5.41) is 7.94. The van der Waals surface area contributed by atoms with Gasteiger partial charge in [-0.2, -0.15) is 5.10 Å². The molecule has 0 aliphatic heterocycles. The predicted molar refractivity (Wildman–Crippen MR) is 77.1 cm³/mol. The highest BCUT2D eigenvalue weighted by molar-refractivity contribution is 6.35. The van der Waals surface area contributed by atoms with Crippen molar-refractivity contribution >= 4 is 34.8 Å². The van der Waals surface area contributed by atoms with Gasteiger partial charge in [-0.1, -0.05) is 23.2 Å². The Morgan fingerprint density at radius 2 is 1.95 bits per heavy atom. The molecule has 2 rings (SSSR count). The fraction of sp³-hybridized carbons (Fsp3) is 0.231. The molecule has 0 spiro atoms. The third kappa shape index (κ3) is 3.28. The van der Waals surface area contributed by atoms with Gasteiger partial charge in [0.2, 0.25) is 0 Å². The van der Waals surface area contributed by atoms with Crippen LogP contribution in [0, 0.1) is 6.92 Å². The Morgan fingerprint density at radius 1 is 1.32 bits per heavy atom. The van der Waals surface area contributed by atoms with Gasteiger partial charge in [0.05, 0.1) is 11.3 Å². The lowest BCUT2D eigenvalue weighted by atomic mass is 10.2. The third-order valence-electron chi connectivity index (χ3n) is 2.64. The SMILES string of the molecule is CCn1cc(C(=O)Nc2cc(Cl)cc(Cl)c2)c(C)n1. The molecule has 6 heteroatoms. The van der Waals surface area contributed by atoms with E-state index in [1.54, 1.807) is 36.0 Å². The number of aryl methyl sites for hydroxylation is 2. The number of rotatable bonds is 3. The monoisotopic (exact) mass is 297 g/mol. The van der Waals surface area contributed by atoms with Gasteiger partial charge >= 0.3 is 0 Å². The van der Waals surface area contributed by atoms with Crippen molar-refractivity contribution in [1.82, 2.24) is 9.78 Å². The van der Waals surface area contributed by atoms with Crippen LogP contribution < -0.4 is 5.32 Å². The van der Waals surface area contributed by atoms with Crippen molar-refractivity contribution in [2.45, 2.75) is 20.4 Å². The number of aromatic nitrogens is 2. The number of halogens is 2. The number of amides is 1. The van der Waals surface area contributed by atoms with E-state index in [1.165, 1.54) is 0 Å². The van der Waals surface area contributed by atoms with Crippen LogP contribution in [0.4, 0.5) is 5.69 Å². The third-order valence-corrected chi connectivity index (χ3v) is 3.07. The van der Waals surface area contributed by atoms with E-state index in [4.69, 9.17) is 23.2 Å². The van der Waals surface area contributed by atoms with E-state index >= 15 is 0 Å². The fourth-order valence-corrected chi connectivity index (χ4v) is 2.25. The molecule has 2 aromatic rings. The minimum absolute atomic E-state index is 0.226. The van der Waals surface area contributed by atoms with Crippen molar-refractivity contribution in [3.05, 3.63) is 45.7 Å². The van der Waals surface area contributed by atoms with Crippen LogP contribution in [0.15, 0.2) is 24.4 Å². The van der Waals surface area contributed by atoms with Crippen LogP contribution >= 0.6 is 23.2 Å². The van der Waals surface area contributed by atoms with Crippen LogP contribution in [0.25, 0.3) is 0 Å². The molecule has 1 heterocycles. The van der Waals surface area contributed by atoms with E-state index in [1.807, 2.05) is 6.92 Å². The summed E-state index contributed by atoms with van der Waals surface area (Å²) in [6, 6.07) is 4.90. The Morgan fingerprint density at radius 3 is 2.47 bits per heavy atom. The molecule has 1 N–H and O–H groups in total. The Balaban J connectivity index is 2.22. The van der Waals surface area contributed by atoms with E-state index < -0.39 is 0 Å². The van der Waals surface area contributed by atoms with E-state index in [0.29, 0.717) is 27.0 Å². The Kier molecular flexibility index (Phi) is 4.12. The molecule has 100 valence electrons. The van der Waals surface area contributed by atoms with Gasteiger partial charge in [0.1, 0.15) is 0 Å². The summed E-state index contributed by atoms with van der Waals surface area (Å²) in [6.07, 6.45) is 1.72. The first-order valence-corrected chi connectivity index (χ1v) is 6.56. The van der Waals surface area contributed by atoms with E-state index in [0.717, 1.165) is 6.54 Å². The molecule has 1 aromatic carbocycles. The quantitative estimate of drug-likeness (QED) is 0.937. The summed E-state index contributed by atoms with van der Waals surface area (Å²) in [5.41, 5.74) is 1.79. The van der Waals surface area contributed by atoms with Crippen LogP contribution in [0.3, 0.4) is 0 Å². The largest absolute Gasteiger partial charge is 0.322 e. The maximum absolute atomic E-state index is 12.1. The van der Waals surface area contributed by atoms with E-state index in [9.17, 15) is 4.79 Å². The molecule has 1 amide bonds. The maximum Gasteiger partial charge on any atom is 0.259 e. The highest BCUT2D eigenvalue weighted by atomic mass is 35.5. The molecule has 0 fully saturated rings. The first-order valence-electron chi connectivity index (χ1n) is 5.81. The van der Waals surface area contributed by atoms with Crippen molar-refractivity contribution in [2.24, 2.45) is 0 Å². The molecule has 0 bridgehead atoms. The van der Waals surface area contributed by atoms with Gasteiger partial charge in [0, 0.05) is 28.5 Å². The van der Waals surface area contributed by atoms with Crippen LogP contribution in [0.5, 0.6) is 0 Å². The molecular formula is C13H13Cl2N3O. The smallest absolute Gasteiger partial charge is 0.259 e. The highest BCUT2D eigenvalue weighted by Gasteiger charge is 2.13. The summed E-state index contributed by atoms with van der Waals surface area (Å²) in [7, 11) is 0. The van der Waals surface area contributed by atoms with Gasteiger partial charge in [-0.25, -0.2) is 0 Å². The van der Waals surface area contributed by atoms with Crippen molar-refractivity contribution < 1.29 is 4.79 Å². The van der Waals surface area contributed by atoms with Crippen molar-refractivity contribution in [3.63, 3.8) is 0 Å². The van der Waals surface area contributed by atoms with E-state index in [-0.39, 0.29) is 5.91 Å². The molecule has 0 aliphatic rings. The summed E-state index contributed by atoms with van der Waals surface area (Å²) < 4.78 is 1.72. The zero-order chi connectivity index (χ0) is 14.0. The van der Waals surface area contributed by atoms with Crippen LogP contribution in [0.1, 0.15) is 23.0 Å². The first-order chi connectivity index (χ1) is 8.99. The Bertz CT molecular complexity index is 602. The number of nitrogens with one attached hydrogen (secondary N) is 1. The lowest BCUT2D eigenvalue weighted by molar-refractivity contribution is 0.102. The molecule has 0 aliphatic carbocycles. The molecule has 0 radical (unpaired) electrons. The number of anilines is 1. The van der Waals surface area contributed by atoms with Gasteiger partial charge < -0.3 is 5.32 Å². The number of hydrogen-bond donors (Lipinski definition) is 1. The molecule has 19 heavy (non-hydrogen) atoms. The first kappa shape index (κ1) is 13.9. The minimum Gasteiger partial charge on any atom is -0.322 e. The van der Waals surface area contributed by atoms with Crippen molar-refractivity contribution in [3.8, 4) is 0 Å². The molecule has 4 nitrogen and oxygen atoms in total. The highest BCUT2D eigenvalue weighted by Crippen LogP contribution is 2.23. The van der Waals surface area contributed by atoms with Crippen molar-refractivity contribution in [1.29, 1.82) is 0 Å². The predicted octanol–water partition coefficient (Wildman–Crippen LogP) is 3.77. The van der Waals surface area contributed by atoms with Gasteiger partial charge in [-0.05, 0) is 32.0 Å². The van der Waals surface area contributed by atoms with Crippen LogP contribution in [-0.2, 0) is 6.54 Å². The van der Waals surface area contributed by atoms with Crippen LogP contribution in [-0.4, -0.2) is 15.7 Å². The summed E-state index contributed by atoms with van der Waals surface area (Å²) >= 11 is 11.8. The van der Waals surface area contributed by atoms with Gasteiger partial charge in [0.15, 0.2) is 0 Å². The number of hydrogen-bond acceptors (Lipinski definition) is 2. The fourth-order valence-electron chi connectivity index (χ4n) is 1.73. The molecule has 0 saturated carbocycles. The molecule has 0 unspecified atom stereocenters. The molecule has 0 saturated heterocycles. The standard InChI is InChI=1S/C13H13Cl2N3O/c1-3-18-7-12(8(2)17-18)13(19)16-11-5-9(14)4-10(15)6-11/h4-7H,3H2,1-2H3,(H,16,19).